The Morgan fingerprint density at radius 2 is 1.81 bits per heavy atom. The quantitative estimate of drug-likeness (QED) is 0.599. The van der Waals surface area contributed by atoms with E-state index in [1.807, 2.05) is 12.1 Å². The molecule has 0 aliphatic carbocycles. The topological polar surface area (TPSA) is 51.2 Å². The average molecular weight is 258 g/mol. The van der Waals surface area contributed by atoms with Crippen molar-refractivity contribution in [2.45, 2.75) is 11.8 Å². The van der Waals surface area contributed by atoms with Crippen LogP contribution in [0, 0.1) is 0 Å². The molecular formula is C11H14O3S2. The largest absolute Gasteiger partial charge is 0.295 e. The van der Waals surface area contributed by atoms with Crippen molar-refractivity contribution in [3.8, 4) is 0 Å². The summed E-state index contributed by atoms with van der Waals surface area (Å²) in [4.78, 5) is 12.0. The second-order valence-corrected chi connectivity index (χ2v) is 6.99. The maximum atomic E-state index is 11.0. The molecule has 3 nitrogen and oxygen atoms in total. The molecule has 16 heavy (non-hydrogen) atoms. The number of rotatable bonds is 5. The van der Waals surface area contributed by atoms with Crippen molar-refractivity contribution < 1.29 is 13.2 Å². The van der Waals surface area contributed by atoms with Crippen LogP contribution in [0.15, 0.2) is 29.2 Å². The summed E-state index contributed by atoms with van der Waals surface area (Å²) in [6, 6.07) is 7.18. The van der Waals surface area contributed by atoms with E-state index >= 15 is 0 Å². The molecule has 0 N–H and O–H groups in total. The van der Waals surface area contributed by atoms with Crippen LogP contribution in [0.5, 0.6) is 0 Å². The van der Waals surface area contributed by atoms with Gasteiger partial charge in [-0.25, -0.2) is 8.42 Å². The second kappa shape index (κ2) is 5.50. The lowest BCUT2D eigenvalue weighted by molar-refractivity contribution is 0.101. The van der Waals surface area contributed by atoms with Crippen LogP contribution in [0.1, 0.15) is 17.3 Å². The molecule has 1 rings (SSSR count). The summed E-state index contributed by atoms with van der Waals surface area (Å²) in [5.41, 5.74) is 0.674. The van der Waals surface area contributed by atoms with Gasteiger partial charge < -0.3 is 0 Å². The third-order valence-electron chi connectivity index (χ3n) is 1.98. The van der Waals surface area contributed by atoms with Gasteiger partial charge in [-0.15, -0.1) is 11.8 Å². The minimum absolute atomic E-state index is 0.0349. The fraction of sp³-hybridized carbons (Fsp3) is 0.364. The lowest BCUT2D eigenvalue weighted by atomic mass is 10.2. The summed E-state index contributed by atoms with van der Waals surface area (Å²) in [6.45, 7) is 1.52. The molecule has 0 aromatic heterocycles. The van der Waals surface area contributed by atoms with E-state index in [1.54, 1.807) is 12.1 Å². The molecule has 88 valence electrons. The van der Waals surface area contributed by atoms with Crippen LogP contribution in [0.25, 0.3) is 0 Å². The molecule has 0 spiro atoms. The molecule has 0 saturated heterocycles. The standard InChI is InChI=1S/C11H14O3S2/c1-9(12)10-3-5-11(6-4-10)15-7-8-16(2,13)14/h3-6H,7-8H2,1-2H3. The van der Waals surface area contributed by atoms with Gasteiger partial charge in [-0.3, -0.25) is 4.79 Å². The Kier molecular flexibility index (Phi) is 4.56. The van der Waals surface area contributed by atoms with E-state index in [0.717, 1.165) is 4.90 Å². The highest BCUT2D eigenvalue weighted by molar-refractivity contribution is 8.00. The van der Waals surface area contributed by atoms with Gasteiger partial charge in [0.05, 0.1) is 5.75 Å². The summed E-state index contributed by atoms with van der Waals surface area (Å²) < 4.78 is 21.8. The molecule has 0 atom stereocenters. The summed E-state index contributed by atoms with van der Waals surface area (Å²) in [6.07, 6.45) is 1.23. The van der Waals surface area contributed by atoms with E-state index in [9.17, 15) is 13.2 Å². The first-order valence-corrected chi connectivity index (χ1v) is 7.84. The van der Waals surface area contributed by atoms with Crippen LogP contribution in [0.2, 0.25) is 0 Å². The molecule has 5 heteroatoms. The summed E-state index contributed by atoms with van der Waals surface area (Å²) in [5.74, 6) is 0.748. The van der Waals surface area contributed by atoms with E-state index in [0.29, 0.717) is 11.3 Å². The van der Waals surface area contributed by atoms with Crippen LogP contribution in [-0.4, -0.2) is 32.0 Å². The smallest absolute Gasteiger partial charge is 0.159 e. The molecule has 0 aliphatic heterocycles. The summed E-state index contributed by atoms with van der Waals surface area (Å²) in [7, 11) is -2.89. The molecule has 0 amide bonds. The van der Waals surface area contributed by atoms with Gasteiger partial charge >= 0.3 is 0 Å². The van der Waals surface area contributed by atoms with Gasteiger partial charge in [-0.2, -0.15) is 0 Å². The minimum atomic E-state index is -2.89. The van der Waals surface area contributed by atoms with Crippen molar-refractivity contribution in [1.82, 2.24) is 0 Å². The first kappa shape index (κ1) is 13.3. The van der Waals surface area contributed by atoms with Crippen LogP contribution in [-0.2, 0) is 9.84 Å². The van der Waals surface area contributed by atoms with Gasteiger partial charge in [-0.05, 0) is 19.1 Å². The van der Waals surface area contributed by atoms with E-state index in [4.69, 9.17) is 0 Å². The molecular weight excluding hydrogens is 244 g/mol. The Bertz CT molecular complexity index is 461. The van der Waals surface area contributed by atoms with Crippen molar-refractivity contribution in [1.29, 1.82) is 0 Å². The number of ketones is 1. The second-order valence-electron chi connectivity index (χ2n) is 3.56. The monoisotopic (exact) mass is 258 g/mol. The molecule has 0 bridgehead atoms. The zero-order chi connectivity index (χ0) is 12.2. The summed E-state index contributed by atoms with van der Waals surface area (Å²) in [5, 5.41) is 0. The van der Waals surface area contributed by atoms with Gasteiger partial charge in [0.1, 0.15) is 9.84 Å². The van der Waals surface area contributed by atoms with E-state index < -0.39 is 9.84 Å². The van der Waals surface area contributed by atoms with Crippen LogP contribution >= 0.6 is 11.8 Å². The lowest BCUT2D eigenvalue weighted by Gasteiger charge is -2.01. The number of carbonyl (C=O) groups is 1. The molecule has 0 aliphatic rings. The Labute approximate surface area is 100 Å². The molecule has 1 aromatic carbocycles. The van der Waals surface area contributed by atoms with Crippen molar-refractivity contribution in [2.24, 2.45) is 0 Å². The first-order valence-electron chi connectivity index (χ1n) is 4.80. The minimum Gasteiger partial charge on any atom is -0.295 e. The van der Waals surface area contributed by atoms with E-state index in [-0.39, 0.29) is 11.5 Å². The maximum absolute atomic E-state index is 11.0. The third-order valence-corrected chi connectivity index (χ3v) is 4.20. The number of hydrogen-bond acceptors (Lipinski definition) is 4. The number of benzene rings is 1. The number of carbonyl (C=O) groups excluding carboxylic acids is 1. The average Bonchev–Trinajstić information content (AvgIpc) is 2.16. The van der Waals surface area contributed by atoms with Gasteiger partial charge in [-0.1, -0.05) is 12.1 Å². The molecule has 0 unspecified atom stereocenters. The van der Waals surface area contributed by atoms with Gasteiger partial charge in [0.15, 0.2) is 5.78 Å². The maximum Gasteiger partial charge on any atom is 0.159 e. The normalized spacial score (nSPS) is 11.4. The highest BCUT2D eigenvalue weighted by atomic mass is 32.2. The number of thioether (sulfide) groups is 1. The van der Waals surface area contributed by atoms with Crippen LogP contribution in [0.3, 0.4) is 0 Å². The number of hydrogen-bond donors (Lipinski definition) is 0. The van der Waals surface area contributed by atoms with E-state index in [1.165, 1.54) is 24.9 Å². The summed E-state index contributed by atoms with van der Waals surface area (Å²) >= 11 is 1.48. The van der Waals surface area contributed by atoms with Gasteiger partial charge in [0.2, 0.25) is 0 Å². The Hall–Kier alpha value is -0.810. The van der Waals surface area contributed by atoms with Crippen molar-refractivity contribution >= 4 is 27.4 Å². The van der Waals surface area contributed by atoms with Crippen LogP contribution < -0.4 is 0 Å². The number of sulfone groups is 1. The zero-order valence-electron chi connectivity index (χ0n) is 9.26. The predicted octanol–water partition coefficient (Wildman–Crippen LogP) is 2.03. The van der Waals surface area contributed by atoms with Gasteiger partial charge in [0, 0.05) is 22.5 Å². The highest BCUT2D eigenvalue weighted by Crippen LogP contribution is 2.18. The van der Waals surface area contributed by atoms with Crippen LogP contribution in [0.4, 0.5) is 0 Å². The Morgan fingerprint density at radius 3 is 2.25 bits per heavy atom. The fourth-order valence-electron chi connectivity index (χ4n) is 1.10. The lowest BCUT2D eigenvalue weighted by Crippen LogP contribution is -2.04. The van der Waals surface area contributed by atoms with Crippen molar-refractivity contribution in [3.63, 3.8) is 0 Å². The van der Waals surface area contributed by atoms with Crippen molar-refractivity contribution in [3.05, 3.63) is 29.8 Å². The fourth-order valence-corrected chi connectivity index (χ4v) is 3.21. The predicted molar refractivity (Wildman–Crippen MR) is 66.9 cm³/mol. The number of Topliss-reactive ketones (excluding diaryl/α,β-unsaturated/α-hetero) is 1. The molecule has 0 fully saturated rings. The first-order chi connectivity index (χ1) is 7.38. The molecule has 0 radical (unpaired) electrons. The van der Waals surface area contributed by atoms with Crippen molar-refractivity contribution in [2.75, 3.05) is 17.8 Å². The highest BCUT2D eigenvalue weighted by Gasteiger charge is 2.03. The van der Waals surface area contributed by atoms with E-state index in [2.05, 4.69) is 0 Å². The molecule has 0 heterocycles. The Balaban J connectivity index is 2.53. The third kappa shape index (κ3) is 4.81. The Morgan fingerprint density at radius 1 is 1.25 bits per heavy atom. The SMILES string of the molecule is CC(=O)c1ccc(SCCS(C)(=O)=O)cc1. The van der Waals surface area contributed by atoms with Gasteiger partial charge in [0.25, 0.3) is 0 Å². The zero-order valence-corrected chi connectivity index (χ0v) is 10.9. The molecule has 1 aromatic rings. The molecule has 0 saturated carbocycles.